The van der Waals surface area contributed by atoms with E-state index in [9.17, 15) is 9.18 Å². The van der Waals surface area contributed by atoms with E-state index >= 15 is 0 Å². The molecule has 4 nitrogen and oxygen atoms in total. The van der Waals surface area contributed by atoms with Crippen LogP contribution in [-0.4, -0.2) is 22.1 Å². The third-order valence-corrected chi connectivity index (χ3v) is 6.25. The molecule has 0 bridgehead atoms. The molecule has 0 aliphatic heterocycles. The van der Waals surface area contributed by atoms with E-state index in [-0.39, 0.29) is 11.8 Å². The molecular weight excluding hydrogens is 479 g/mol. The lowest BCUT2D eigenvalue weighted by atomic mass is 10.2. The number of imidazole rings is 1. The minimum Gasteiger partial charge on any atom is -0.462 e. The first-order valence-corrected chi connectivity index (χ1v) is 11.6. The van der Waals surface area contributed by atoms with Crippen molar-refractivity contribution in [3.05, 3.63) is 93.7 Å². The van der Waals surface area contributed by atoms with Gasteiger partial charge in [0.15, 0.2) is 5.16 Å². The molecule has 7 heteroatoms. The van der Waals surface area contributed by atoms with Gasteiger partial charge in [-0.05, 0) is 60.5 Å². The molecule has 0 radical (unpaired) electrons. The predicted octanol–water partition coefficient (Wildman–Crippen LogP) is 6.46. The fraction of sp³-hybridized carbons (Fsp3) is 0.167. The van der Waals surface area contributed by atoms with Crippen LogP contribution < -0.4 is 0 Å². The van der Waals surface area contributed by atoms with Crippen LogP contribution in [0.4, 0.5) is 4.39 Å². The zero-order valence-corrected chi connectivity index (χ0v) is 19.2. The molecule has 1 heterocycles. The van der Waals surface area contributed by atoms with Gasteiger partial charge >= 0.3 is 5.97 Å². The number of benzene rings is 3. The fourth-order valence-electron chi connectivity index (χ4n) is 3.30. The quantitative estimate of drug-likeness (QED) is 0.216. The number of fused-ring (bicyclic) bond motifs is 1. The number of halogens is 2. The van der Waals surface area contributed by atoms with Crippen molar-refractivity contribution in [1.82, 2.24) is 9.55 Å². The van der Waals surface area contributed by atoms with Crippen LogP contribution in [0.5, 0.6) is 0 Å². The molecule has 0 unspecified atom stereocenters. The van der Waals surface area contributed by atoms with E-state index in [4.69, 9.17) is 9.72 Å². The normalized spacial score (nSPS) is 11.1. The Bertz CT molecular complexity index is 1240. The molecule has 0 atom stereocenters. The van der Waals surface area contributed by atoms with Crippen LogP contribution in [-0.2, 0) is 17.0 Å². The molecule has 0 amide bonds. The van der Waals surface area contributed by atoms with Crippen LogP contribution in [0.1, 0.15) is 28.4 Å². The van der Waals surface area contributed by atoms with E-state index in [1.54, 1.807) is 36.9 Å². The summed E-state index contributed by atoms with van der Waals surface area (Å²) in [4.78, 5) is 16.9. The number of hydrogen-bond acceptors (Lipinski definition) is 4. The van der Waals surface area contributed by atoms with Gasteiger partial charge in [-0.2, -0.15) is 0 Å². The Morgan fingerprint density at radius 3 is 2.68 bits per heavy atom. The number of thioether (sulfide) groups is 1. The number of hydrogen-bond donors (Lipinski definition) is 0. The topological polar surface area (TPSA) is 44.1 Å². The maximum Gasteiger partial charge on any atom is 0.338 e. The van der Waals surface area contributed by atoms with Gasteiger partial charge in [0, 0.05) is 10.2 Å². The molecule has 0 N–H and O–H groups in total. The molecule has 0 saturated carbocycles. The first-order valence-electron chi connectivity index (χ1n) is 9.82. The van der Waals surface area contributed by atoms with E-state index in [0.29, 0.717) is 24.2 Å². The summed E-state index contributed by atoms with van der Waals surface area (Å²) in [5.74, 6) is 0.0960. The maximum absolute atomic E-state index is 13.7. The Morgan fingerprint density at radius 2 is 1.90 bits per heavy atom. The first kappa shape index (κ1) is 21.6. The Labute approximate surface area is 192 Å². The number of aromatic nitrogens is 2. The fourth-order valence-corrected chi connectivity index (χ4v) is 4.71. The van der Waals surface area contributed by atoms with Crippen LogP contribution in [0.3, 0.4) is 0 Å². The minimum absolute atomic E-state index is 0.269. The van der Waals surface area contributed by atoms with Crippen molar-refractivity contribution in [2.24, 2.45) is 0 Å². The molecule has 0 spiro atoms. The number of carbonyl (C=O) groups excluding carboxylic acids is 1. The number of rotatable bonds is 7. The van der Waals surface area contributed by atoms with Gasteiger partial charge in [0.2, 0.25) is 0 Å². The summed E-state index contributed by atoms with van der Waals surface area (Å²) in [6.45, 7) is 2.58. The molecule has 0 aliphatic rings. The summed E-state index contributed by atoms with van der Waals surface area (Å²) >= 11 is 5.11. The zero-order valence-electron chi connectivity index (χ0n) is 16.8. The summed E-state index contributed by atoms with van der Waals surface area (Å²) in [7, 11) is 0. The van der Waals surface area contributed by atoms with Crippen LogP contribution in [0.15, 0.2) is 76.4 Å². The number of carbonyl (C=O) groups is 1. The third kappa shape index (κ3) is 5.17. The SMILES string of the molecule is CCOC(=O)c1ccc2c(c1)nc(SCc1cccc(Br)c1)n2Cc1cccc(F)c1. The van der Waals surface area contributed by atoms with Crippen molar-refractivity contribution in [2.45, 2.75) is 24.4 Å². The van der Waals surface area contributed by atoms with Gasteiger partial charge in [0.25, 0.3) is 0 Å². The second-order valence-electron chi connectivity index (χ2n) is 6.95. The van der Waals surface area contributed by atoms with Crippen molar-refractivity contribution in [3.63, 3.8) is 0 Å². The van der Waals surface area contributed by atoms with Crippen LogP contribution in [0.2, 0.25) is 0 Å². The molecule has 0 saturated heterocycles. The van der Waals surface area contributed by atoms with Gasteiger partial charge in [-0.3, -0.25) is 0 Å². The molecule has 1 aromatic heterocycles. The van der Waals surface area contributed by atoms with Crippen LogP contribution >= 0.6 is 27.7 Å². The molecule has 3 aromatic carbocycles. The van der Waals surface area contributed by atoms with E-state index in [2.05, 4.69) is 32.6 Å². The zero-order chi connectivity index (χ0) is 21.8. The largest absolute Gasteiger partial charge is 0.462 e. The summed E-state index contributed by atoms with van der Waals surface area (Å²) < 4.78 is 21.9. The Kier molecular flexibility index (Phi) is 6.73. The molecule has 4 rings (SSSR count). The average molecular weight is 499 g/mol. The van der Waals surface area contributed by atoms with Gasteiger partial charge in [-0.15, -0.1) is 0 Å². The second-order valence-corrected chi connectivity index (χ2v) is 8.81. The lowest BCUT2D eigenvalue weighted by Crippen LogP contribution is -2.05. The van der Waals surface area contributed by atoms with E-state index < -0.39 is 0 Å². The first-order chi connectivity index (χ1) is 15.0. The van der Waals surface area contributed by atoms with E-state index in [0.717, 1.165) is 32.0 Å². The van der Waals surface area contributed by atoms with Crippen molar-refractivity contribution in [1.29, 1.82) is 0 Å². The van der Waals surface area contributed by atoms with Gasteiger partial charge in [0.05, 0.1) is 29.7 Å². The Balaban J connectivity index is 1.71. The molecule has 0 aliphatic carbocycles. The summed E-state index contributed by atoms with van der Waals surface area (Å²) in [6.07, 6.45) is 0. The van der Waals surface area contributed by atoms with Gasteiger partial charge in [-0.25, -0.2) is 14.2 Å². The Hall–Kier alpha value is -2.64. The maximum atomic E-state index is 13.7. The monoisotopic (exact) mass is 498 g/mol. The number of nitrogens with zero attached hydrogens (tertiary/aromatic N) is 2. The minimum atomic E-state index is -0.368. The van der Waals surface area contributed by atoms with Gasteiger partial charge in [0.1, 0.15) is 5.82 Å². The molecular formula is C24H20BrFN2O2S. The van der Waals surface area contributed by atoms with Crippen molar-refractivity contribution in [2.75, 3.05) is 6.61 Å². The van der Waals surface area contributed by atoms with Gasteiger partial charge in [-0.1, -0.05) is 52.0 Å². The summed E-state index contributed by atoms with van der Waals surface area (Å²) in [6, 6.07) is 20.1. The Morgan fingerprint density at radius 1 is 1.10 bits per heavy atom. The second kappa shape index (κ2) is 9.66. The highest BCUT2D eigenvalue weighted by molar-refractivity contribution is 9.10. The molecule has 4 aromatic rings. The molecule has 158 valence electrons. The highest BCUT2D eigenvalue weighted by Crippen LogP contribution is 2.29. The number of esters is 1. The summed E-state index contributed by atoms with van der Waals surface area (Å²) in [5.41, 5.74) is 4.06. The lowest BCUT2D eigenvalue weighted by Gasteiger charge is -2.10. The number of ether oxygens (including phenoxy) is 1. The van der Waals surface area contributed by atoms with Crippen molar-refractivity contribution >= 4 is 44.7 Å². The molecule has 0 fully saturated rings. The average Bonchev–Trinajstić information content (AvgIpc) is 3.09. The lowest BCUT2D eigenvalue weighted by molar-refractivity contribution is 0.0526. The van der Waals surface area contributed by atoms with E-state index in [1.165, 1.54) is 12.1 Å². The highest BCUT2D eigenvalue weighted by Gasteiger charge is 2.15. The summed E-state index contributed by atoms with van der Waals surface area (Å²) in [5, 5.41) is 0.806. The van der Waals surface area contributed by atoms with Gasteiger partial charge < -0.3 is 9.30 Å². The predicted molar refractivity (Wildman–Crippen MR) is 125 cm³/mol. The van der Waals surface area contributed by atoms with Crippen molar-refractivity contribution < 1.29 is 13.9 Å². The van der Waals surface area contributed by atoms with Crippen LogP contribution in [0.25, 0.3) is 11.0 Å². The standard InChI is InChI=1S/C24H20BrFN2O2S/c1-2-30-23(29)18-9-10-22-21(13-18)27-24(31-15-17-6-3-7-19(25)11-17)28(22)14-16-5-4-8-20(26)12-16/h3-13H,2,14-15H2,1H3. The molecule has 31 heavy (non-hydrogen) atoms. The van der Waals surface area contributed by atoms with Crippen molar-refractivity contribution in [3.8, 4) is 0 Å². The highest BCUT2D eigenvalue weighted by atomic mass is 79.9. The third-order valence-electron chi connectivity index (χ3n) is 4.71. The van der Waals surface area contributed by atoms with E-state index in [1.807, 2.05) is 24.3 Å². The van der Waals surface area contributed by atoms with Crippen LogP contribution in [0, 0.1) is 5.82 Å². The smallest absolute Gasteiger partial charge is 0.338 e.